The van der Waals surface area contributed by atoms with Crippen molar-refractivity contribution in [2.75, 3.05) is 5.32 Å². The first-order valence-electron chi connectivity index (χ1n) is 8.03. The maximum Gasteiger partial charge on any atom is 0.257 e. The first kappa shape index (κ1) is 18.3. The van der Waals surface area contributed by atoms with Gasteiger partial charge in [0.25, 0.3) is 5.91 Å². The molecule has 0 unspecified atom stereocenters. The summed E-state index contributed by atoms with van der Waals surface area (Å²) in [5.74, 6) is -0.588. The highest BCUT2D eigenvalue weighted by Gasteiger charge is 2.13. The molecule has 0 saturated carbocycles. The number of hydrogen-bond donors (Lipinski definition) is 2. The van der Waals surface area contributed by atoms with Crippen LogP contribution in [0.5, 0.6) is 0 Å². The number of pyridine rings is 1. The van der Waals surface area contributed by atoms with Crippen LogP contribution in [0.4, 0.5) is 5.13 Å². The van der Waals surface area contributed by atoms with Crippen molar-refractivity contribution in [3.63, 3.8) is 0 Å². The van der Waals surface area contributed by atoms with Crippen LogP contribution in [0.15, 0.2) is 53.9 Å². The number of rotatable bonds is 6. The van der Waals surface area contributed by atoms with Crippen LogP contribution < -0.4 is 10.7 Å². The molecule has 8 nitrogen and oxygen atoms in total. The normalized spacial score (nSPS) is 10.7. The summed E-state index contributed by atoms with van der Waals surface area (Å²) in [6.45, 7) is 1.86. The predicted octanol–water partition coefficient (Wildman–Crippen LogP) is 2.19. The van der Waals surface area contributed by atoms with Crippen molar-refractivity contribution in [1.82, 2.24) is 20.6 Å². The molecule has 27 heavy (non-hydrogen) atoms. The first-order chi connectivity index (χ1) is 13.1. The third-order valence-corrected chi connectivity index (χ3v) is 4.34. The lowest BCUT2D eigenvalue weighted by molar-refractivity contribution is -0.120. The van der Waals surface area contributed by atoms with Crippen molar-refractivity contribution >= 4 is 34.5 Å². The van der Waals surface area contributed by atoms with E-state index in [0.717, 1.165) is 22.5 Å². The van der Waals surface area contributed by atoms with E-state index in [2.05, 4.69) is 31.0 Å². The van der Waals surface area contributed by atoms with Gasteiger partial charge in [-0.05, 0) is 36.2 Å². The number of carbonyl (C=O) groups excluding carboxylic acids is 2. The summed E-state index contributed by atoms with van der Waals surface area (Å²) in [6, 6.07) is 10.8. The minimum absolute atomic E-state index is 0.0194. The van der Waals surface area contributed by atoms with Crippen LogP contribution in [0.3, 0.4) is 0 Å². The maximum absolute atomic E-state index is 12.3. The van der Waals surface area contributed by atoms with Crippen LogP contribution in [-0.4, -0.2) is 33.2 Å². The van der Waals surface area contributed by atoms with Gasteiger partial charge in [0.1, 0.15) is 5.01 Å². The summed E-state index contributed by atoms with van der Waals surface area (Å²) in [7, 11) is 0. The fraction of sp³-hybridized carbons (Fsp3) is 0.111. The summed E-state index contributed by atoms with van der Waals surface area (Å²) >= 11 is 1.14. The Balaban J connectivity index is 1.53. The Labute approximate surface area is 159 Å². The number of hydrogen-bond acceptors (Lipinski definition) is 7. The Morgan fingerprint density at radius 1 is 1.15 bits per heavy atom. The van der Waals surface area contributed by atoms with Crippen molar-refractivity contribution in [3.05, 3.63) is 70.5 Å². The van der Waals surface area contributed by atoms with E-state index in [1.165, 1.54) is 6.21 Å². The van der Waals surface area contributed by atoms with E-state index < -0.39 is 0 Å². The van der Waals surface area contributed by atoms with Crippen LogP contribution >= 0.6 is 11.3 Å². The molecule has 2 amide bonds. The van der Waals surface area contributed by atoms with Gasteiger partial charge in [0.05, 0.1) is 12.6 Å². The summed E-state index contributed by atoms with van der Waals surface area (Å²) < 4.78 is 0. The number of anilines is 1. The number of nitrogens with one attached hydrogen (secondary N) is 2. The monoisotopic (exact) mass is 380 g/mol. The fourth-order valence-corrected chi connectivity index (χ4v) is 2.91. The lowest BCUT2D eigenvalue weighted by Gasteiger charge is -2.03. The number of amides is 2. The molecule has 2 heterocycles. The van der Waals surface area contributed by atoms with Crippen LogP contribution in [0.1, 0.15) is 26.5 Å². The van der Waals surface area contributed by atoms with Gasteiger partial charge in [-0.1, -0.05) is 29.5 Å². The summed E-state index contributed by atoms with van der Waals surface area (Å²) in [4.78, 5) is 28.1. The Kier molecular flexibility index (Phi) is 5.95. The van der Waals surface area contributed by atoms with Gasteiger partial charge in [-0.25, -0.2) is 5.43 Å². The third-order valence-electron chi connectivity index (χ3n) is 3.50. The second-order valence-corrected chi connectivity index (χ2v) is 6.58. The molecule has 1 aromatic carbocycles. The van der Waals surface area contributed by atoms with E-state index >= 15 is 0 Å². The molecule has 0 bridgehead atoms. The minimum Gasteiger partial charge on any atom is -0.296 e. The van der Waals surface area contributed by atoms with Crippen LogP contribution in [-0.2, 0) is 11.2 Å². The van der Waals surface area contributed by atoms with Crippen LogP contribution in [0.2, 0.25) is 0 Å². The number of aromatic nitrogens is 3. The molecular weight excluding hydrogens is 364 g/mol. The first-order valence-corrected chi connectivity index (χ1v) is 8.85. The summed E-state index contributed by atoms with van der Waals surface area (Å²) in [5, 5.41) is 15.2. The van der Waals surface area contributed by atoms with Gasteiger partial charge in [-0.15, -0.1) is 10.2 Å². The average Bonchev–Trinajstić information content (AvgIpc) is 3.09. The van der Waals surface area contributed by atoms with Crippen molar-refractivity contribution < 1.29 is 9.59 Å². The number of carbonyl (C=O) groups is 2. The van der Waals surface area contributed by atoms with Crippen LogP contribution in [0, 0.1) is 6.92 Å². The van der Waals surface area contributed by atoms with E-state index in [0.29, 0.717) is 15.7 Å². The standard InChI is InChI=1S/C18H16N6O2S/c1-12-4-2-3-5-14(12)17(26)21-18-24-23-16(27-18)10-15(25)22-20-11-13-6-8-19-9-7-13/h2-9,11H,10H2,1H3,(H,22,25)(H,21,24,26)/b20-11-. The lowest BCUT2D eigenvalue weighted by atomic mass is 10.1. The Hall–Kier alpha value is -3.46. The van der Waals surface area contributed by atoms with E-state index in [-0.39, 0.29) is 18.2 Å². The molecule has 2 N–H and O–H groups in total. The highest BCUT2D eigenvalue weighted by molar-refractivity contribution is 7.15. The van der Waals surface area contributed by atoms with Gasteiger partial charge >= 0.3 is 0 Å². The number of nitrogens with zero attached hydrogens (tertiary/aromatic N) is 4. The molecule has 3 aromatic rings. The van der Waals surface area contributed by atoms with Gasteiger partial charge in [0.15, 0.2) is 0 Å². The van der Waals surface area contributed by atoms with Gasteiger partial charge in [0.2, 0.25) is 11.0 Å². The highest BCUT2D eigenvalue weighted by Crippen LogP contribution is 2.17. The molecule has 2 aromatic heterocycles. The summed E-state index contributed by atoms with van der Waals surface area (Å²) in [6.07, 6.45) is 4.81. The maximum atomic E-state index is 12.3. The van der Waals surface area contributed by atoms with Gasteiger partial charge < -0.3 is 0 Å². The molecular formula is C18H16N6O2S. The molecule has 136 valence electrons. The smallest absolute Gasteiger partial charge is 0.257 e. The fourth-order valence-electron chi connectivity index (χ4n) is 2.17. The van der Waals surface area contributed by atoms with Crippen molar-refractivity contribution in [1.29, 1.82) is 0 Å². The van der Waals surface area contributed by atoms with Gasteiger partial charge in [0, 0.05) is 18.0 Å². The Morgan fingerprint density at radius 2 is 1.93 bits per heavy atom. The lowest BCUT2D eigenvalue weighted by Crippen LogP contribution is -2.19. The molecule has 9 heteroatoms. The minimum atomic E-state index is -0.326. The van der Waals surface area contributed by atoms with Crippen LogP contribution in [0.25, 0.3) is 0 Å². The predicted molar refractivity (Wildman–Crippen MR) is 103 cm³/mol. The van der Waals surface area contributed by atoms with E-state index in [1.807, 2.05) is 19.1 Å². The molecule has 0 atom stereocenters. The Bertz CT molecular complexity index is 971. The molecule has 3 rings (SSSR count). The van der Waals surface area contributed by atoms with E-state index in [9.17, 15) is 9.59 Å². The molecule has 0 radical (unpaired) electrons. The molecule has 0 aliphatic rings. The quantitative estimate of drug-likeness (QED) is 0.503. The van der Waals surface area contributed by atoms with Gasteiger partial charge in [-0.3, -0.25) is 19.9 Å². The van der Waals surface area contributed by atoms with Gasteiger partial charge in [-0.2, -0.15) is 5.10 Å². The van der Waals surface area contributed by atoms with Crippen molar-refractivity contribution in [3.8, 4) is 0 Å². The number of aryl methyl sites for hydroxylation is 1. The second kappa shape index (κ2) is 8.77. The third kappa shape index (κ3) is 5.25. The number of benzene rings is 1. The zero-order chi connectivity index (χ0) is 19.1. The van der Waals surface area contributed by atoms with E-state index in [1.54, 1.807) is 36.7 Å². The molecule has 0 fully saturated rings. The SMILES string of the molecule is Cc1ccccc1C(=O)Nc1nnc(CC(=O)N/N=C\c2ccncc2)s1. The largest absolute Gasteiger partial charge is 0.296 e. The topological polar surface area (TPSA) is 109 Å². The zero-order valence-corrected chi connectivity index (χ0v) is 15.2. The molecule has 0 aliphatic carbocycles. The number of hydrazone groups is 1. The molecule has 0 spiro atoms. The molecule has 0 saturated heterocycles. The summed E-state index contributed by atoms with van der Waals surface area (Å²) in [5.41, 5.74) is 4.68. The van der Waals surface area contributed by atoms with Crippen molar-refractivity contribution in [2.45, 2.75) is 13.3 Å². The van der Waals surface area contributed by atoms with E-state index in [4.69, 9.17) is 0 Å². The second-order valence-electron chi connectivity index (χ2n) is 5.52. The average molecular weight is 380 g/mol. The van der Waals surface area contributed by atoms with Crippen molar-refractivity contribution in [2.24, 2.45) is 5.10 Å². The highest BCUT2D eigenvalue weighted by atomic mass is 32.1. The Morgan fingerprint density at radius 3 is 2.70 bits per heavy atom. The zero-order valence-electron chi connectivity index (χ0n) is 14.4. The molecule has 0 aliphatic heterocycles.